The summed E-state index contributed by atoms with van der Waals surface area (Å²) < 4.78 is 32.1. The Bertz CT molecular complexity index is 1320. The first-order chi connectivity index (χ1) is 15.9. The molecule has 0 bridgehead atoms. The molecule has 1 amide bonds. The monoisotopic (exact) mass is 469 g/mol. The zero-order chi connectivity index (χ0) is 23.0. The van der Waals surface area contributed by atoms with Crippen molar-refractivity contribution < 1.29 is 18.3 Å². The number of fused-ring (bicyclic) bond motifs is 3. The quantitative estimate of drug-likeness (QED) is 0.404. The van der Waals surface area contributed by atoms with E-state index in [4.69, 9.17) is 16.6 Å². The number of carbonyl (C=O) groups excluding carboxylic acids is 1. The molecule has 0 atom stereocenters. The van der Waals surface area contributed by atoms with Crippen LogP contribution in [0.15, 0.2) is 55.1 Å². The maximum absolute atomic E-state index is 13.0. The lowest BCUT2D eigenvalue weighted by atomic mass is 10.0. The van der Waals surface area contributed by atoms with Gasteiger partial charge in [0, 0.05) is 59.3 Å². The number of rotatable bonds is 5. The van der Waals surface area contributed by atoms with Gasteiger partial charge in [0.1, 0.15) is 17.9 Å². The standard InChI is InChI=1S/C23H18ClF2N5O2/c24-23(25,26)33-17-6-4-16(5-7-17)29-22(32)14-9-18(15-11-27-13-28-12-15)21-19(10-14)30-20-3-1-2-8-31(20)21/h4-7,9-13H,1-3,8H2,(H,29,32). The first-order valence-electron chi connectivity index (χ1n) is 10.3. The molecule has 1 N–H and O–H groups in total. The van der Waals surface area contributed by atoms with Gasteiger partial charge in [0.05, 0.1) is 11.0 Å². The third-order valence-electron chi connectivity index (χ3n) is 5.43. The Kier molecular flexibility index (Phi) is 5.41. The molecule has 2 aromatic heterocycles. The average molecular weight is 470 g/mol. The molecule has 3 heterocycles. The van der Waals surface area contributed by atoms with Crippen LogP contribution in [0.1, 0.15) is 29.0 Å². The summed E-state index contributed by atoms with van der Waals surface area (Å²) in [4.78, 5) is 26.1. The van der Waals surface area contributed by atoms with Crippen LogP contribution in [0.5, 0.6) is 5.75 Å². The van der Waals surface area contributed by atoms with Gasteiger partial charge in [-0.25, -0.2) is 15.0 Å². The number of hydrogen-bond donors (Lipinski definition) is 1. The fraction of sp³-hybridized carbons (Fsp3) is 0.217. The second-order valence-corrected chi connectivity index (χ2v) is 8.12. The van der Waals surface area contributed by atoms with Gasteiger partial charge in [-0.2, -0.15) is 0 Å². The van der Waals surface area contributed by atoms with E-state index in [0.29, 0.717) is 11.3 Å². The van der Waals surface area contributed by atoms with Crippen LogP contribution in [0.25, 0.3) is 22.2 Å². The highest BCUT2D eigenvalue weighted by Gasteiger charge is 2.27. The first-order valence-corrected chi connectivity index (χ1v) is 10.7. The van der Waals surface area contributed by atoms with Crippen LogP contribution in [0.2, 0.25) is 0 Å². The van der Waals surface area contributed by atoms with Crippen LogP contribution in [-0.2, 0) is 13.0 Å². The third kappa shape index (κ3) is 4.49. The topological polar surface area (TPSA) is 81.9 Å². The SMILES string of the molecule is O=C(Nc1ccc(OC(F)(F)Cl)cc1)c1cc(-c2cncnc2)c2c(c1)nc1n2CCCC1. The fourth-order valence-corrected chi connectivity index (χ4v) is 4.12. The van der Waals surface area contributed by atoms with Crippen molar-refractivity contribution in [3.63, 3.8) is 0 Å². The number of alkyl halides is 3. The number of ether oxygens (including phenoxy) is 1. The normalized spacial score (nSPS) is 13.5. The molecular formula is C23H18ClF2N5O2. The zero-order valence-electron chi connectivity index (χ0n) is 17.3. The number of halogens is 3. The second-order valence-electron chi connectivity index (χ2n) is 7.68. The summed E-state index contributed by atoms with van der Waals surface area (Å²) in [5.74, 6) is 0.514. The van der Waals surface area contributed by atoms with Gasteiger partial charge in [-0.15, -0.1) is 8.78 Å². The fourth-order valence-electron chi connectivity index (χ4n) is 4.03. The van der Waals surface area contributed by atoms with Crippen molar-refractivity contribution in [2.75, 3.05) is 5.32 Å². The van der Waals surface area contributed by atoms with E-state index in [-0.39, 0.29) is 11.7 Å². The summed E-state index contributed by atoms with van der Waals surface area (Å²) in [6.07, 6.45) is 7.90. The van der Waals surface area contributed by atoms with Crippen LogP contribution >= 0.6 is 11.6 Å². The van der Waals surface area contributed by atoms with E-state index in [1.807, 2.05) is 0 Å². The summed E-state index contributed by atoms with van der Waals surface area (Å²) in [6.45, 7) is 0.869. The van der Waals surface area contributed by atoms with E-state index in [2.05, 4.69) is 24.6 Å². The Hall–Kier alpha value is -3.59. The molecule has 1 aliphatic heterocycles. The lowest BCUT2D eigenvalue weighted by Gasteiger charge is -2.16. The number of imidazole rings is 1. The number of nitrogens with one attached hydrogen (secondary N) is 1. The molecular weight excluding hydrogens is 452 g/mol. The summed E-state index contributed by atoms with van der Waals surface area (Å²) in [6, 6.07) is 9.06. The largest absolute Gasteiger partial charge is 0.487 e. The van der Waals surface area contributed by atoms with Gasteiger partial charge < -0.3 is 14.6 Å². The van der Waals surface area contributed by atoms with Crippen molar-refractivity contribution in [2.24, 2.45) is 0 Å². The van der Waals surface area contributed by atoms with E-state index in [1.165, 1.54) is 30.6 Å². The van der Waals surface area contributed by atoms with Gasteiger partial charge in [-0.3, -0.25) is 4.79 Å². The van der Waals surface area contributed by atoms with E-state index in [9.17, 15) is 13.6 Å². The molecule has 0 saturated heterocycles. The van der Waals surface area contributed by atoms with E-state index >= 15 is 0 Å². The minimum atomic E-state index is -3.80. The Morgan fingerprint density at radius 2 is 1.88 bits per heavy atom. The minimum Gasteiger partial charge on any atom is -0.420 e. The van der Waals surface area contributed by atoms with Crippen molar-refractivity contribution in [3.05, 3.63) is 66.5 Å². The van der Waals surface area contributed by atoms with Gasteiger partial charge in [-0.05, 0) is 49.2 Å². The smallest absolute Gasteiger partial charge is 0.420 e. The average Bonchev–Trinajstić information content (AvgIpc) is 3.18. The molecule has 0 saturated carbocycles. The Morgan fingerprint density at radius 1 is 1.12 bits per heavy atom. The predicted octanol–water partition coefficient (Wildman–Crippen LogP) is 5.25. The van der Waals surface area contributed by atoms with Crippen LogP contribution in [-0.4, -0.2) is 31.0 Å². The molecule has 7 nitrogen and oxygen atoms in total. The molecule has 0 unspecified atom stereocenters. The number of aromatic nitrogens is 4. The number of aryl methyl sites for hydroxylation is 2. The van der Waals surface area contributed by atoms with Crippen LogP contribution in [0.3, 0.4) is 0 Å². The molecule has 33 heavy (non-hydrogen) atoms. The zero-order valence-corrected chi connectivity index (χ0v) is 18.0. The van der Waals surface area contributed by atoms with Crippen molar-refractivity contribution in [1.29, 1.82) is 0 Å². The molecule has 10 heteroatoms. The van der Waals surface area contributed by atoms with Gasteiger partial charge >= 0.3 is 5.57 Å². The first kappa shape index (κ1) is 21.3. The van der Waals surface area contributed by atoms with Crippen molar-refractivity contribution in [3.8, 4) is 16.9 Å². The van der Waals surface area contributed by atoms with Crippen molar-refractivity contribution >= 4 is 34.2 Å². The molecule has 5 rings (SSSR count). The highest BCUT2D eigenvalue weighted by atomic mass is 35.5. The lowest BCUT2D eigenvalue weighted by Crippen LogP contribution is -2.16. The molecule has 0 aliphatic carbocycles. The summed E-state index contributed by atoms with van der Waals surface area (Å²) in [5.41, 5.74) is 0.317. The lowest BCUT2D eigenvalue weighted by molar-refractivity contribution is -0.0964. The van der Waals surface area contributed by atoms with E-state index < -0.39 is 5.57 Å². The number of anilines is 1. The minimum absolute atomic E-state index is 0.121. The Balaban J connectivity index is 1.50. The maximum atomic E-state index is 13.0. The summed E-state index contributed by atoms with van der Waals surface area (Å²) in [7, 11) is 0. The number of hydrogen-bond acceptors (Lipinski definition) is 5. The maximum Gasteiger partial charge on any atom is 0.487 e. The van der Waals surface area contributed by atoms with Gasteiger partial charge in [0.15, 0.2) is 0 Å². The molecule has 4 aromatic rings. The second kappa shape index (κ2) is 8.40. The van der Waals surface area contributed by atoms with Gasteiger partial charge in [0.2, 0.25) is 0 Å². The number of benzene rings is 2. The van der Waals surface area contributed by atoms with Crippen LogP contribution in [0, 0.1) is 0 Å². The Labute approximate surface area is 192 Å². The molecule has 2 aromatic carbocycles. The summed E-state index contributed by atoms with van der Waals surface area (Å²) >= 11 is 4.78. The number of amides is 1. The highest BCUT2D eigenvalue weighted by molar-refractivity contribution is 6.20. The Morgan fingerprint density at radius 3 is 2.61 bits per heavy atom. The van der Waals surface area contributed by atoms with Gasteiger partial charge in [0.25, 0.3) is 5.91 Å². The van der Waals surface area contributed by atoms with E-state index in [0.717, 1.165) is 53.8 Å². The predicted molar refractivity (Wildman–Crippen MR) is 120 cm³/mol. The highest BCUT2D eigenvalue weighted by Crippen LogP contribution is 2.33. The van der Waals surface area contributed by atoms with E-state index in [1.54, 1.807) is 24.5 Å². The molecule has 1 aliphatic rings. The third-order valence-corrected chi connectivity index (χ3v) is 5.51. The number of carbonyl (C=O) groups is 1. The van der Waals surface area contributed by atoms with Crippen molar-refractivity contribution in [2.45, 2.75) is 31.4 Å². The molecule has 0 fully saturated rings. The van der Waals surface area contributed by atoms with Crippen LogP contribution < -0.4 is 10.1 Å². The van der Waals surface area contributed by atoms with Crippen LogP contribution in [0.4, 0.5) is 14.5 Å². The van der Waals surface area contributed by atoms with Gasteiger partial charge in [-0.1, -0.05) is 0 Å². The van der Waals surface area contributed by atoms with Crippen molar-refractivity contribution in [1.82, 2.24) is 19.5 Å². The number of nitrogens with zero attached hydrogens (tertiary/aromatic N) is 4. The molecule has 0 spiro atoms. The molecule has 0 radical (unpaired) electrons. The molecule has 168 valence electrons. The summed E-state index contributed by atoms with van der Waals surface area (Å²) in [5, 5.41) is 2.77.